The van der Waals surface area contributed by atoms with Gasteiger partial charge in [-0.3, -0.25) is 4.79 Å². The van der Waals surface area contributed by atoms with E-state index in [1.807, 2.05) is 42.5 Å². The number of hydrogen-bond acceptors (Lipinski definition) is 5. The van der Waals surface area contributed by atoms with E-state index < -0.39 is 10.0 Å². The number of pyridine rings is 1. The number of hydrogen-bond donors (Lipinski definition) is 2. The number of anilines is 1. The normalized spacial score (nSPS) is 13.7. The van der Waals surface area contributed by atoms with Crippen LogP contribution in [0.1, 0.15) is 28.8 Å². The van der Waals surface area contributed by atoms with Gasteiger partial charge in [0.15, 0.2) is 0 Å². The highest BCUT2D eigenvalue weighted by atomic mass is 32.2. The zero-order valence-corrected chi connectivity index (χ0v) is 18.5. The summed E-state index contributed by atoms with van der Waals surface area (Å²) in [4.78, 5) is 17.1. The molecule has 1 aliphatic carbocycles. The minimum Gasteiger partial charge on any atom is -0.322 e. The van der Waals surface area contributed by atoms with Crippen LogP contribution in [0.25, 0.3) is 0 Å². The zero-order valence-electron chi connectivity index (χ0n) is 16.8. The molecular weight excluding hydrogens is 430 g/mol. The van der Waals surface area contributed by atoms with Crippen LogP contribution in [0.3, 0.4) is 0 Å². The van der Waals surface area contributed by atoms with Crippen LogP contribution in [0, 0.1) is 5.92 Å². The van der Waals surface area contributed by atoms with E-state index in [-0.39, 0.29) is 10.8 Å². The zero-order chi connectivity index (χ0) is 21.7. The number of carbonyl (C=O) groups is 1. The molecule has 1 saturated carbocycles. The second kappa shape index (κ2) is 9.64. The first-order valence-electron chi connectivity index (χ1n) is 10.0. The fraction of sp³-hybridized carbons (Fsp3) is 0.217. The highest BCUT2D eigenvalue weighted by molar-refractivity contribution is 7.98. The molecule has 0 unspecified atom stereocenters. The van der Waals surface area contributed by atoms with Gasteiger partial charge < -0.3 is 5.32 Å². The summed E-state index contributed by atoms with van der Waals surface area (Å²) in [6, 6.07) is 19.5. The second-order valence-electron chi connectivity index (χ2n) is 7.43. The number of thioether (sulfide) groups is 1. The number of rotatable bonds is 9. The topological polar surface area (TPSA) is 88.2 Å². The third-order valence-corrected chi connectivity index (χ3v) is 7.31. The minimum absolute atomic E-state index is 0.0984. The maximum absolute atomic E-state index is 12.7. The lowest BCUT2D eigenvalue weighted by atomic mass is 10.2. The van der Waals surface area contributed by atoms with E-state index in [1.165, 1.54) is 12.1 Å². The average molecular weight is 454 g/mol. The van der Waals surface area contributed by atoms with Crippen LogP contribution in [-0.2, 0) is 15.8 Å². The lowest BCUT2D eigenvalue weighted by Gasteiger charge is -2.10. The first-order chi connectivity index (χ1) is 15.0. The van der Waals surface area contributed by atoms with Crippen molar-refractivity contribution in [2.75, 3.05) is 11.9 Å². The van der Waals surface area contributed by atoms with Crippen molar-refractivity contribution in [1.82, 2.24) is 9.71 Å². The van der Waals surface area contributed by atoms with Gasteiger partial charge in [0.1, 0.15) is 0 Å². The number of aromatic nitrogens is 1. The fourth-order valence-corrected chi connectivity index (χ4v) is 4.94. The molecule has 6 nitrogen and oxygen atoms in total. The summed E-state index contributed by atoms with van der Waals surface area (Å²) in [7, 11) is -3.62. The van der Waals surface area contributed by atoms with Crippen molar-refractivity contribution in [2.24, 2.45) is 5.92 Å². The molecule has 1 aromatic heterocycles. The van der Waals surface area contributed by atoms with Crippen LogP contribution < -0.4 is 10.0 Å². The van der Waals surface area contributed by atoms with Crippen LogP contribution in [0.15, 0.2) is 82.8 Å². The van der Waals surface area contributed by atoms with Crippen molar-refractivity contribution < 1.29 is 13.2 Å². The summed E-state index contributed by atoms with van der Waals surface area (Å²) in [5.41, 5.74) is 2.00. The lowest BCUT2D eigenvalue weighted by Crippen LogP contribution is -2.26. The van der Waals surface area contributed by atoms with Crippen LogP contribution in [0.5, 0.6) is 0 Å². The monoisotopic (exact) mass is 453 g/mol. The summed E-state index contributed by atoms with van der Waals surface area (Å²) in [6.07, 6.45) is 3.88. The van der Waals surface area contributed by atoms with Gasteiger partial charge >= 0.3 is 0 Å². The summed E-state index contributed by atoms with van der Waals surface area (Å²) in [6.45, 7) is 0.446. The Kier molecular flexibility index (Phi) is 6.70. The van der Waals surface area contributed by atoms with Crippen molar-refractivity contribution in [2.45, 2.75) is 28.5 Å². The van der Waals surface area contributed by atoms with Crippen molar-refractivity contribution in [3.05, 3.63) is 84.1 Å². The molecule has 0 spiro atoms. The first kappa shape index (κ1) is 21.5. The van der Waals surface area contributed by atoms with Crippen molar-refractivity contribution in [3.8, 4) is 0 Å². The number of carbonyl (C=O) groups excluding carboxylic acids is 1. The van der Waals surface area contributed by atoms with Crippen LogP contribution in [-0.4, -0.2) is 25.9 Å². The van der Waals surface area contributed by atoms with Gasteiger partial charge in [0.25, 0.3) is 5.91 Å². The van der Waals surface area contributed by atoms with Crippen molar-refractivity contribution >= 4 is 33.4 Å². The molecule has 3 aromatic rings. The molecule has 1 aliphatic rings. The van der Waals surface area contributed by atoms with Crippen LogP contribution in [0.4, 0.5) is 5.69 Å². The SMILES string of the molecule is O=C(Nc1cccc(CSc2ccccn2)c1)c1cccc(S(=O)(=O)NCC2CC2)c1. The Morgan fingerprint density at radius 1 is 1.03 bits per heavy atom. The molecule has 8 heteroatoms. The molecular formula is C23H23N3O3S2. The largest absolute Gasteiger partial charge is 0.322 e. The summed E-state index contributed by atoms with van der Waals surface area (Å²) in [5.74, 6) is 0.805. The Morgan fingerprint density at radius 2 is 1.87 bits per heavy atom. The van der Waals surface area contributed by atoms with Gasteiger partial charge in [-0.05, 0) is 66.8 Å². The Labute approximate surface area is 186 Å². The molecule has 0 radical (unpaired) electrons. The number of amides is 1. The molecule has 0 aliphatic heterocycles. The quantitative estimate of drug-likeness (QED) is 0.471. The second-order valence-corrected chi connectivity index (χ2v) is 10.2. The van der Waals surface area contributed by atoms with Gasteiger partial charge in [-0.2, -0.15) is 0 Å². The van der Waals surface area contributed by atoms with E-state index in [0.29, 0.717) is 23.7 Å². The number of nitrogens with zero attached hydrogens (tertiary/aromatic N) is 1. The van der Waals surface area contributed by atoms with Gasteiger partial charge in [-0.25, -0.2) is 18.1 Å². The van der Waals surface area contributed by atoms with E-state index in [2.05, 4.69) is 15.0 Å². The molecule has 1 fully saturated rings. The molecule has 31 heavy (non-hydrogen) atoms. The Hall–Kier alpha value is -2.68. The van der Waals surface area contributed by atoms with Gasteiger partial charge in [-0.15, -0.1) is 11.8 Å². The predicted molar refractivity (Wildman–Crippen MR) is 123 cm³/mol. The molecule has 0 atom stereocenters. The predicted octanol–water partition coefficient (Wildman–Crippen LogP) is 4.31. The van der Waals surface area contributed by atoms with Gasteiger partial charge in [-0.1, -0.05) is 24.3 Å². The van der Waals surface area contributed by atoms with E-state index in [1.54, 1.807) is 30.1 Å². The van der Waals surface area contributed by atoms with E-state index in [4.69, 9.17) is 0 Å². The molecule has 1 amide bonds. The molecule has 2 aromatic carbocycles. The third-order valence-electron chi connectivity index (χ3n) is 4.87. The fourth-order valence-electron chi connectivity index (χ4n) is 2.97. The van der Waals surface area contributed by atoms with Gasteiger partial charge in [0, 0.05) is 29.7 Å². The molecule has 0 bridgehead atoms. The molecule has 1 heterocycles. The molecule has 160 valence electrons. The lowest BCUT2D eigenvalue weighted by molar-refractivity contribution is 0.102. The number of nitrogens with one attached hydrogen (secondary N) is 2. The standard InChI is InChI=1S/C23H23N3O3S2/c27-23(19-6-4-8-21(14-19)31(28,29)25-15-17-10-11-17)26-20-7-3-5-18(13-20)16-30-22-9-1-2-12-24-22/h1-9,12-14,17,25H,10-11,15-16H2,(H,26,27). The van der Waals surface area contributed by atoms with E-state index >= 15 is 0 Å². The maximum Gasteiger partial charge on any atom is 0.255 e. The Balaban J connectivity index is 1.41. The Morgan fingerprint density at radius 3 is 2.65 bits per heavy atom. The summed E-state index contributed by atoms with van der Waals surface area (Å²) in [5, 5.41) is 3.79. The highest BCUT2D eigenvalue weighted by Gasteiger charge is 2.24. The Bertz CT molecular complexity index is 1160. The maximum atomic E-state index is 12.7. The minimum atomic E-state index is -3.62. The number of sulfonamides is 1. The summed E-state index contributed by atoms with van der Waals surface area (Å²) < 4.78 is 27.6. The van der Waals surface area contributed by atoms with E-state index in [9.17, 15) is 13.2 Å². The van der Waals surface area contributed by atoms with Crippen molar-refractivity contribution in [1.29, 1.82) is 0 Å². The van der Waals surface area contributed by atoms with Gasteiger partial charge in [0.2, 0.25) is 10.0 Å². The summed E-state index contributed by atoms with van der Waals surface area (Å²) >= 11 is 1.62. The molecule has 0 saturated heterocycles. The average Bonchev–Trinajstić information content (AvgIpc) is 3.62. The number of benzene rings is 2. The van der Waals surface area contributed by atoms with Crippen LogP contribution >= 0.6 is 11.8 Å². The smallest absolute Gasteiger partial charge is 0.255 e. The van der Waals surface area contributed by atoms with Crippen molar-refractivity contribution in [3.63, 3.8) is 0 Å². The first-order valence-corrected chi connectivity index (χ1v) is 12.5. The highest BCUT2D eigenvalue weighted by Crippen LogP contribution is 2.28. The third kappa shape index (κ3) is 6.16. The molecule has 2 N–H and O–H groups in total. The van der Waals surface area contributed by atoms with Gasteiger partial charge in [0.05, 0.1) is 9.92 Å². The molecule has 4 rings (SSSR count). The van der Waals surface area contributed by atoms with E-state index in [0.717, 1.165) is 29.2 Å². The van der Waals surface area contributed by atoms with Crippen LogP contribution in [0.2, 0.25) is 0 Å².